The average Bonchev–Trinajstić information content (AvgIpc) is 3.43. The highest BCUT2D eigenvalue weighted by Crippen LogP contribution is 2.27. The molecule has 2 atom stereocenters. The number of nitrogens with one attached hydrogen (secondary N) is 5. The summed E-state index contributed by atoms with van der Waals surface area (Å²) in [5.41, 5.74) is 32.2. The van der Waals surface area contributed by atoms with Gasteiger partial charge in [-0.1, -0.05) is 58.7 Å². The Morgan fingerprint density at radius 1 is 0.474 bits per heavy atom. The molecule has 6 aromatic heterocycles. The second-order valence-corrected chi connectivity index (χ2v) is 17.0. The van der Waals surface area contributed by atoms with Crippen LogP contribution in [0.25, 0.3) is 32.7 Å². The predicted octanol–water partition coefficient (Wildman–Crippen LogP) is 6.95. The number of hydrogen-bond acceptors (Lipinski definition) is 20. The third-order valence-corrected chi connectivity index (χ3v) is 11.6. The summed E-state index contributed by atoms with van der Waals surface area (Å²) in [5, 5.41) is 18.4. The summed E-state index contributed by atoms with van der Waals surface area (Å²) in [6.45, 7) is 3.62. The topological polar surface area (TPSA) is 392 Å². The standard InChI is InChI=1S/2C18H19N7O2.C15H13N5OS.2CH4/c2*1-2-13(16(20)27)24-18-22-9-12(15(19)26)17(25-18)23-11-5-6-14-10(8-11)4-3-7-21-14;1-22-15-18-8-11(13(16)21)14(20-15)19-10-4-5-12-9(7-10)3-2-6-17-12;;/h2*3-9,13H,2H2,1H3,(H2,19,26)(H2,20,27)(H2,22,23,24,25);2-8H,1H3,(H2,16,21)(H,18,19,20);2*1H4/t2*13-;;;/m11.../s1. The molecular formula is C53H59N19O5S. The van der Waals surface area contributed by atoms with Gasteiger partial charge in [0.15, 0.2) is 5.16 Å². The first kappa shape index (κ1) is 58.7. The molecule has 0 spiro atoms. The molecule has 9 rings (SSSR count). The van der Waals surface area contributed by atoms with Crippen LogP contribution in [-0.4, -0.2) is 92.7 Å². The number of pyridine rings is 3. The largest absolute Gasteiger partial charge is 0.368 e. The Morgan fingerprint density at radius 3 is 1.12 bits per heavy atom. The fourth-order valence-corrected chi connectivity index (χ4v) is 7.46. The van der Waals surface area contributed by atoms with Gasteiger partial charge in [0, 0.05) is 70.4 Å². The van der Waals surface area contributed by atoms with E-state index in [2.05, 4.69) is 71.4 Å². The zero-order valence-corrected chi connectivity index (χ0v) is 41.9. The van der Waals surface area contributed by atoms with E-state index in [-0.39, 0.29) is 55.1 Å². The number of benzene rings is 3. The number of primary amides is 5. The summed E-state index contributed by atoms with van der Waals surface area (Å²) in [6, 6.07) is 26.9. The predicted molar refractivity (Wildman–Crippen MR) is 306 cm³/mol. The molecule has 0 saturated heterocycles. The molecule has 9 aromatic rings. The van der Waals surface area contributed by atoms with Gasteiger partial charge >= 0.3 is 0 Å². The van der Waals surface area contributed by atoms with E-state index in [1.807, 2.05) is 111 Å². The lowest BCUT2D eigenvalue weighted by Crippen LogP contribution is -2.35. The molecule has 15 N–H and O–H groups in total. The molecule has 0 bridgehead atoms. The number of nitrogens with zero attached hydrogens (tertiary/aromatic N) is 9. The van der Waals surface area contributed by atoms with Crippen LogP contribution in [0.2, 0.25) is 0 Å². The zero-order valence-electron chi connectivity index (χ0n) is 41.1. The van der Waals surface area contributed by atoms with Gasteiger partial charge in [0.25, 0.3) is 17.7 Å². The van der Waals surface area contributed by atoms with Crippen molar-refractivity contribution in [3.05, 3.63) is 145 Å². The van der Waals surface area contributed by atoms with Crippen LogP contribution in [0.3, 0.4) is 0 Å². The SMILES string of the molecule is C.C.CC[C@@H](Nc1ncc(C(N)=O)c(Nc2ccc3ncccc3c2)n1)C(N)=O.CC[C@@H](Nc1ncc(C(N)=O)c(Nc2ccc3ncccc3c2)n1)C(N)=O.CSc1ncc(C(N)=O)c(Nc2ccc3ncccc3c2)n1. The molecule has 24 nitrogen and oxygen atoms in total. The second-order valence-electron chi connectivity index (χ2n) is 16.2. The number of amides is 5. The van der Waals surface area contributed by atoms with Gasteiger partial charge in [0.1, 0.15) is 46.2 Å². The third kappa shape index (κ3) is 15.2. The van der Waals surface area contributed by atoms with Crippen molar-refractivity contribution in [2.75, 3.05) is 32.8 Å². The van der Waals surface area contributed by atoms with Gasteiger partial charge in [-0.25, -0.2) is 19.9 Å². The van der Waals surface area contributed by atoms with Gasteiger partial charge in [-0.15, -0.1) is 0 Å². The number of rotatable bonds is 18. The fraction of sp³-hybridized carbons (Fsp3) is 0.170. The Balaban J connectivity index is 0.000000214. The maximum absolute atomic E-state index is 11.7. The van der Waals surface area contributed by atoms with Crippen molar-refractivity contribution in [3.63, 3.8) is 0 Å². The van der Waals surface area contributed by atoms with Gasteiger partial charge < -0.3 is 55.3 Å². The van der Waals surface area contributed by atoms with E-state index in [1.54, 1.807) is 18.6 Å². The summed E-state index contributed by atoms with van der Waals surface area (Å²) >= 11 is 1.39. The van der Waals surface area contributed by atoms with Gasteiger partial charge in [-0.2, -0.15) is 9.97 Å². The van der Waals surface area contributed by atoms with E-state index in [9.17, 15) is 24.0 Å². The Kier molecular flexibility index (Phi) is 20.6. The molecule has 3 aromatic carbocycles. The summed E-state index contributed by atoms with van der Waals surface area (Å²) in [7, 11) is 0. The number of thioether (sulfide) groups is 1. The molecule has 0 saturated carbocycles. The highest BCUT2D eigenvalue weighted by molar-refractivity contribution is 7.98. The number of fused-ring (bicyclic) bond motifs is 3. The van der Waals surface area contributed by atoms with Crippen molar-refractivity contribution in [3.8, 4) is 0 Å². The lowest BCUT2D eigenvalue weighted by molar-refractivity contribution is -0.119. The van der Waals surface area contributed by atoms with Crippen LogP contribution in [-0.2, 0) is 9.59 Å². The molecule has 0 aliphatic carbocycles. The van der Waals surface area contributed by atoms with Crippen molar-refractivity contribution >= 4 is 120 Å². The van der Waals surface area contributed by atoms with Crippen LogP contribution in [0.5, 0.6) is 0 Å². The summed E-state index contributed by atoms with van der Waals surface area (Å²) in [4.78, 5) is 95.6. The van der Waals surface area contributed by atoms with Gasteiger partial charge in [-0.05, 0) is 91.9 Å². The third-order valence-electron chi connectivity index (χ3n) is 11.0. The molecule has 0 unspecified atom stereocenters. The summed E-state index contributed by atoms with van der Waals surface area (Å²) in [6.07, 6.45) is 12.0. The first-order valence-corrected chi connectivity index (χ1v) is 24.4. The van der Waals surface area contributed by atoms with E-state index in [4.69, 9.17) is 28.7 Å². The number of carbonyl (C=O) groups is 5. The van der Waals surface area contributed by atoms with Crippen LogP contribution < -0.4 is 55.3 Å². The minimum atomic E-state index is -0.673. The highest BCUT2D eigenvalue weighted by Gasteiger charge is 2.20. The van der Waals surface area contributed by atoms with E-state index in [0.29, 0.717) is 35.2 Å². The normalized spacial score (nSPS) is 11.1. The summed E-state index contributed by atoms with van der Waals surface area (Å²) < 4.78 is 0. The van der Waals surface area contributed by atoms with Crippen molar-refractivity contribution in [1.82, 2.24) is 44.9 Å². The van der Waals surface area contributed by atoms with E-state index in [1.165, 1.54) is 30.4 Å². The van der Waals surface area contributed by atoms with Crippen molar-refractivity contribution in [2.45, 2.75) is 58.8 Å². The van der Waals surface area contributed by atoms with Gasteiger partial charge in [0.2, 0.25) is 23.7 Å². The van der Waals surface area contributed by atoms with Crippen molar-refractivity contribution in [1.29, 1.82) is 0 Å². The average molecular weight is 1070 g/mol. The van der Waals surface area contributed by atoms with E-state index < -0.39 is 41.6 Å². The quantitative estimate of drug-likeness (QED) is 0.0307. The minimum Gasteiger partial charge on any atom is -0.368 e. The van der Waals surface area contributed by atoms with E-state index >= 15 is 0 Å². The summed E-state index contributed by atoms with van der Waals surface area (Å²) in [5.74, 6) is -1.78. The Morgan fingerprint density at radius 2 is 0.808 bits per heavy atom. The molecule has 25 heteroatoms. The maximum Gasteiger partial charge on any atom is 0.254 e. The van der Waals surface area contributed by atoms with Crippen LogP contribution in [0, 0.1) is 0 Å². The Bertz CT molecular complexity index is 3450. The Hall–Kier alpha value is -10.2. The van der Waals surface area contributed by atoms with Crippen LogP contribution in [0.4, 0.5) is 46.4 Å². The van der Waals surface area contributed by atoms with Crippen LogP contribution in [0.15, 0.2) is 133 Å². The number of hydrogen-bond donors (Lipinski definition) is 10. The smallest absolute Gasteiger partial charge is 0.254 e. The number of anilines is 8. The lowest BCUT2D eigenvalue weighted by atomic mass is 10.2. The van der Waals surface area contributed by atoms with Crippen LogP contribution in [0.1, 0.15) is 72.6 Å². The minimum absolute atomic E-state index is 0. The monoisotopic (exact) mass is 1070 g/mol. The fourth-order valence-electron chi connectivity index (χ4n) is 7.12. The molecule has 0 fully saturated rings. The van der Waals surface area contributed by atoms with Crippen LogP contribution >= 0.6 is 11.8 Å². The molecule has 0 aliphatic heterocycles. The molecule has 5 amide bonds. The first-order valence-electron chi connectivity index (χ1n) is 23.1. The molecule has 6 heterocycles. The lowest BCUT2D eigenvalue weighted by Gasteiger charge is -2.15. The molecule has 0 radical (unpaired) electrons. The molecule has 78 heavy (non-hydrogen) atoms. The number of aromatic nitrogens is 9. The van der Waals surface area contributed by atoms with Gasteiger partial charge in [0.05, 0.1) is 16.6 Å². The number of carbonyl (C=O) groups excluding carboxylic acids is 5. The molecule has 0 aliphatic rings. The zero-order chi connectivity index (χ0) is 54.3. The molecule has 402 valence electrons. The second kappa shape index (κ2) is 27.4. The first-order chi connectivity index (χ1) is 36.6. The Labute approximate surface area is 452 Å². The molecular weight excluding hydrogens is 1010 g/mol. The highest BCUT2D eigenvalue weighted by atomic mass is 32.2. The van der Waals surface area contributed by atoms with Gasteiger partial charge in [-0.3, -0.25) is 38.9 Å². The maximum atomic E-state index is 11.7. The van der Waals surface area contributed by atoms with Crippen molar-refractivity contribution < 1.29 is 24.0 Å². The van der Waals surface area contributed by atoms with Crippen molar-refractivity contribution in [2.24, 2.45) is 28.7 Å². The van der Waals surface area contributed by atoms with E-state index in [0.717, 1.165) is 38.4 Å². The number of nitrogens with two attached hydrogens (primary N) is 5.